The second-order valence-electron chi connectivity index (χ2n) is 6.46. The number of carbonyl (C=O) groups excluding carboxylic acids is 3. The zero-order valence-corrected chi connectivity index (χ0v) is 16.6. The van der Waals surface area contributed by atoms with Crippen LogP contribution in [0.1, 0.15) is 29.3 Å². The van der Waals surface area contributed by atoms with Gasteiger partial charge in [0.05, 0.1) is 22.8 Å². The first kappa shape index (κ1) is 20.5. The Bertz CT molecular complexity index is 946. The Morgan fingerprint density at radius 1 is 1.14 bits per heavy atom. The van der Waals surface area contributed by atoms with E-state index in [2.05, 4.69) is 10.4 Å². The molecular weight excluding hydrogens is 394 g/mol. The molecule has 1 N–H and O–H groups in total. The largest absolute Gasteiger partial charge is 0.454 e. The van der Waals surface area contributed by atoms with Gasteiger partial charge in [0.15, 0.2) is 6.61 Å². The van der Waals surface area contributed by atoms with E-state index in [4.69, 9.17) is 16.3 Å². The number of amides is 2. The number of rotatable bonds is 6. The van der Waals surface area contributed by atoms with Crippen LogP contribution in [0.2, 0.25) is 5.02 Å². The first-order valence-electron chi connectivity index (χ1n) is 9.11. The van der Waals surface area contributed by atoms with Crippen LogP contribution < -0.4 is 5.32 Å². The van der Waals surface area contributed by atoms with Gasteiger partial charge < -0.3 is 10.1 Å². The first-order valence-corrected chi connectivity index (χ1v) is 9.49. The number of hydrogen-bond donors (Lipinski definition) is 1. The number of carbonyl (C=O) groups is 3. The molecule has 0 bridgehead atoms. The molecule has 2 aromatic carbocycles. The van der Waals surface area contributed by atoms with E-state index in [9.17, 15) is 14.4 Å². The highest BCUT2D eigenvalue weighted by Gasteiger charge is 2.24. The average Bonchev–Trinajstić information content (AvgIpc) is 3.23. The molecule has 29 heavy (non-hydrogen) atoms. The normalized spacial score (nSPS) is 14.1. The van der Waals surface area contributed by atoms with Crippen molar-refractivity contribution in [1.29, 1.82) is 0 Å². The molecule has 8 heteroatoms. The van der Waals surface area contributed by atoms with Crippen molar-refractivity contribution < 1.29 is 19.1 Å². The number of nitrogens with zero attached hydrogens (tertiary/aromatic N) is 2. The average molecular weight is 414 g/mol. The molecular formula is C21H20ClN3O4. The topological polar surface area (TPSA) is 88.1 Å². The quantitative estimate of drug-likeness (QED) is 0.737. The number of nitrogens with one attached hydrogen (secondary N) is 1. The van der Waals surface area contributed by atoms with Crippen molar-refractivity contribution in [2.24, 2.45) is 5.10 Å². The van der Waals surface area contributed by atoms with Gasteiger partial charge in [-0.15, -0.1) is 0 Å². The summed E-state index contributed by atoms with van der Waals surface area (Å²) >= 11 is 5.97. The number of hydrogen-bond acceptors (Lipinski definition) is 5. The maximum absolute atomic E-state index is 12.3. The summed E-state index contributed by atoms with van der Waals surface area (Å²) in [5, 5.41) is 8.39. The molecule has 1 aliphatic rings. The highest BCUT2D eigenvalue weighted by atomic mass is 35.5. The lowest BCUT2D eigenvalue weighted by Gasteiger charge is -2.15. The predicted octanol–water partition coefficient (Wildman–Crippen LogP) is 2.64. The number of halogens is 1. The summed E-state index contributed by atoms with van der Waals surface area (Å²) in [7, 11) is 0. The molecule has 150 valence electrons. The standard InChI is InChI=1S/C21H20ClN3O4/c1-14(23-20(27)16-9-5-6-10-17(16)22)21(28)29-13-19(26)25-12-11-18(24-25)15-7-3-2-4-8-15/h2-10,14H,11-13H2,1H3,(H,23,27)/t14-/m0/s1. The highest BCUT2D eigenvalue weighted by molar-refractivity contribution is 6.33. The lowest BCUT2D eigenvalue weighted by atomic mass is 10.1. The van der Waals surface area contributed by atoms with Crippen LogP contribution in [0.15, 0.2) is 59.7 Å². The third-order valence-corrected chi connectivity index (χ3v) is 4.68. The fraction of sp³-hybridized carbons (Fsp3) is 0.238. The van der Waals surface area contributed by atoms with Gasteiger partial charge in [-0.3, -0.25) is 9.59 Å². The van der Waals surface area contributed by atoms with E-state index in [1.165, 1.54) is 11.9 Å². The van der Waals surface area contributed by atoms with Crippen LogP contribution in [-0.2, 0) is 14.3 Å². The third-order valence-electron chi connectivity index (χ3n) is 4.35. The van der Waals surface area contributed by atoms with Gasteiger partial charge in [0.1, 0.15) is 6.04 Å². The van der Waals surface area contributed by atoms with E-state index in [-0.39, 0.29) is 10.6 Å². The van der Waals surface area contributed by atoms with Gasteiger partial charge in [-0.05, 0) is 24.6 Å². The molecule has 7 nitrogen and oxygen atoms in total. The number of benzene rings is 2. The number of esters is 1. The molecule has 0 radical (unpaired) electrons. The van der Waals surface area contributed by atoms with Crippen molar-refractivity contribution in [1.82, 2.24) is 10.3 Å². The Kier molecular flexibility index (Phi) is 6.61. The molecule has 1 atom stereocenters. The maximum Gasteiger partial charge on any atom is 0.328 e. The summed E-state index contributed by atoms with van der Waals surface area (Å²) in [4.78, 5) is 36.6. The van der Waals surface area contributed by atoms with Crippen molar-refractivity contribution in [3.8, 4) is 0 Å². The van der Waals surface area contributed by atoms with Crippen LogP contribution in [0.4, 0.5) is 0 Å². The van der Waals surface area contributed by atoms with Crippen LogP contribution in [0.3, 0.4) is 0 Å². The lowest BCUT2D eigenvalue weighted by Crippen LogP contribution is -2.41. The Balaban J connectivity index is 1.50. The monoisotopic (exact) mass is 413 g/mol. The van der Waals surface area contributed by atoms with Crippen molar-refractivity contribution in [2.75, 3.05) is 13.2 Å². The van der Waals surface area contributed by atoms with E-state index in [0.717, 1.165) is 11.3 Å². The fourth-order valence-corrected chi connectivity index (χ4v) is 3.00. The van der Waals surface area contributed by atoms with Gasteiger partial charge in [-0.2, -0.15) is 5.10 Å². The van der Waals surface area contributed by atoms with Gasteiger partial charge >= 0.3 is 5.97 Å². The Labute approximate surface area is 173 Å². The molecule has 2 amide bonds. The van der Waals surface area contributed by atoms with E-state index in [1.807, 2.05) is 30.3 Å². The molecule has 0 saturated heterocycles. The minimum atomic E-state index is -0.937. The van der Waals surface area contributed by atoms with E-state index < -0.39 is 30.4 Å². The smallest absolute Gasteiger partial charge is 0.328 e. The molecule has 0 saturated carbocycles. The number of hydrazone groups is 1. The molecule has 0 unspecified atom stereocenters. The zero-order chi connectivity index (χ0) is 20.8. The van der Waals surface area contributed by atoms with Gasteiger partial charge in [0.25, 0.3) is 11.8 Å². The summed E-state index contributed by atoms with van der Waals surface area (Å²) in [6, 6.07) is 15.1. The predicted molar refractivity (Wildman–Crippen MR) is 109 cm³/mol. The minimum Gasteiger partial charge on any atom is -0.454 e. The molecule has 2 aromatic rings. The Hall–Kier alpha value is -3.19. The van der Waals surface area contributed by atoms with Gasteiger partial charge in [-0.1, -0.05) is 54.1 Å². The Morgan fingerprint density at radius 3 is 2.55 bits per heavy atom. The molecule has 0 aromatic heterocycles. The fourth-order valence-electron chi connectivity index (χ4n) is 2.78. The summed E-state index contributed by atoms with van der Waals surface area (Å²) in [6.45, 7) is 1.46. The van der Waals surface area contributed by atoms with Crippen LogP contribution in [0.5, 0.6) is 0 Å². The molecule has 0 spiro atoms. The second-order valence-corrected chi connectivity index (χ2v) is 6.87. The van der Waals surface area contributed by atoms with Gasteiger partial charge in [0.2, 0.25) is 0 Å². The van der Waals surface area contributed by atoms with Crippen molar-refractivity contribution >= 4 is 35.1 Å². The SMILES string of the molecule is C[C@H](NC(=O)c1ccccc1Cl)C(=O)OCC(=O)N1CCC(c2ccccc2)=N1. The molecule has 1 aliphatic heterocycles. The van der Waals surface area contributed by atoms with Crippen molar-refractivity contribution in [2.45, 2.75) is 19.4 Å². The van der Waals surface area contributed by atoms with E-state index >= 15 is 0 Å². The van der Waals surface area contributed by atoms with Crippen molar-refractivity contribution in [3.05, 3.63) is 70.7 Å². The molecule has 0 aliphatic carbocycles. The van der Waals surface area contributed by atoms with Crippen LogP contribution in [-0.4, -0.2) is 47.7 Å². The molecule has 0 fully saturated rings. The van der Waals surface area contributed by atoms with Crippen LogP contribution in [0.25, 0.3) is 0 Å². The van der Waals surface area contributed by atoms with Gasteiger partial charge in [-0.25, -0.2) is 9.80 Å². The highest BCUT2D eigenvalue weighted by Crippen LogP contribution is 2.15. The summed E-state index contributed by atoms with van der Waals surface area (Å²) in [6.07, 6.45) is 0.633. The third kappa shape index (κ3) is 5.20. The van der Waals surface area contributed by atoms with Crippen LogP contribution >= 0.6 is 11.6 Å². The first-order chi connectivity index (χ1) is 14.0. The van der Waals surface area contributed by atoms with E-state index in [0.29, 0.717) is 13.0 Å². The number of ether oxygens (including phenoxy) is 1. The maximum atomic E-state index is 12.3. The second kappa shape index (κ2) is 9.34. The van der Waals surface area contributed by atoms with Crippen LogP contribution in [0, 0.1) is 0 Å². The lowest BCUT2D eigenvalue weighted by molar-refractivity contribution is -0.153. The van der Waals surface area contributed by atoms with E-state index in [1.54, 1.807) is 24.3 Å². The summed E-state index contributed by atoms with van der Waals surface area (Å²) < 4.78 is 5.04. The Morgan fingerprint density at radius 2 is 1.83 bits per heavy atom. The molecule has 3 rings (SSSR count). The van der Waals surface area contributed by atoms with Gasteiger partial charge in [0, 0.05) is 6.42 Å². The molecule has 1 heterocycles. The summed E-state index contributed by atoms with van der Waals surface area (Å²) in [5.41, 5.74) is 2.02. The minimum absolute atomic E-state index is 0.254. The summed E-state index contributed by atoms with van der Waals surface area (Å²) in [5.74, 6) is -1.64. The van der Waals surface area contributed by atoms with Crippen molar-refractivity contribution in [3.63, 3.8) is 0 Å². The zero-order valence-electron chi connectivity index (χ0n) is 15.8.